The third-order valence-corrected chi connectivity index (χ3v) is 2.69. The van der Waals surface area contributed by atoms with Crippen molar-refractivity contribution in [1.82, 2.24) is 4.98 Å². The number of benzene rings is 1. The first kappa shape index (κ1) is 12.7. The van der Waals surface area contributed by atoms with E-state index in [1.54, 1.807) is 31.3 Å². The highest BCUT2D eigenvalue weighted by Crippen LogP contribution is 2.17. The van der Waals surface area contributed by atoms with Crippen LogP contribution in [0.5, 0.6) is 0 Å². The van der Waals surface area contributed by atoms with E-state index < -0.39 is 11.7 Å². The van der Waals surface area contributed by atoms with Gasteiger partial charge < -0.3 is 4.90 Å². The maximum absolute atomic E-state index is 13.5. The molecule has 1 aromatic carbocycles. The van der Waals surface area contributed by atoms with E-state index >= 15 is 0 Å². The molecule has 2 aromatic rings. The summed E-state index contributed by atoms with van der Waals surface area (Å²) in [4.78, 5) is 17.0. The second-order valence-electron chi connectivity index (χ2n) is 3.88. The number of rotatable bonds is 2. The van der Waals surface area contributed by atoms with E-state index in [1.165, 1.54) is 17.2 Å². The van der Waals surface area contributed by atoms with Gasteiger partial charge in [0.2, 0.25) is 0 Å². The molecule has 19 heavy (non-hydrogen) atoms. The fourth-order valence-corrected chi connectivity index (χ4v) is 1.61. The van der Waals surface area contributed by atoms with Gasteiger partial charge in [-0.1, -0.05) is 0 Å². The minimum Gasteiger partial charge on any atom is -0.311 e. The second-order valence-corrected chi connectivity index (χ2v) is 3.88. The zero-order chi connectivity index (χ0) is 13.8. The molecule has 1 heterocycles. The van der Waals surface area contributed by atoms with Crippen molar-refractivity contribution in [2.75, 3.05) is 11.9 Å². The Kier molecular flexibility index (Phi) is 3.53. The van der Waals surface area contributed by atoms with Gasteiger partial charge in [0.1, 0.15) is 0 Å². The normalized spacial score (nSPS) is 9.74. The van der Waals surface area contributed by atoms with Crippen molar-refractivity contribution in [3.63, 3.8) is 0 Å². The molecule has 0 fully saturated rings. The van der Waals surface area contributed by atoms with Crippen LogP contribution in [0.4, 0.5) is 10.1 Å². The largest absolute Gasteiger partial charge is 0.311 e. The van der Waals surface area contributed by atoms with Gasteiger partial charge in [0.05, 0.1) is 23.4 Å². The van der Waals surface area contributed by atoms with Crippen molar-refractivity contribution in [2.24, 2.45) is 0 Å². The average molecular weight is 255 g/mol. The monoisotopic (exact) mass is 255 g/mol. The van der Waals surface area contributed by atoms with Gasteiger partial charge in [0.25, 0.3) is 5.91 Å². The van der Waals surface area contributed by atoms with Crippen LogP contribution in [0.3, 0.4) is 0 Å². The van der Waals surface area contributed by atoms with Crippen molar-refractivity contribution < 1.29 is 9.18 Å². The van der Waals surface area contributed by atoms with Gasteiger partial charge in [-0.25, -0.2) is 4.39 Å². The van der Waals surface area contributed by atoms with E-state index in [1.807, 2.05) is 6.07 Å². The molecule has 1 aromatic heterocycles. The van der Waals surface area contributed by atoms with Gasteiger partial charge >= 0.3 is 0 Å². The van der Waals surface area contributed by atoms with Crippen molar-refractivity contribution in [1.29, 1.82) is 5.26 Å². The number of carbonyl (C=O) groups excluding carboxylic acids is 1. The lowest BCUT2D eigenvalue weighted by molar-refractivity contribution is 0.0989. The first-order valence-electron chi connectivity index (χ1n) is 5.51. The number of amides is 1. The molecule has 1 amide bonds. The molecule has 0 aliphatic carbocycles. The molecule has 0 N–H and O–H groups in total. The number of hydrogen-bond acceptors (Lipinski definition) is 3. The predicted octanol–water partition coefficient (Wildman–Crippen LogP) is 2.37. The first-order valence-corrected chi connectivity index (χ1v) is 5.51. The van der Waals surface area contributed by atoms with E-state index in [0.717, 1.165) is 6.20 Å². The predicted molar refractivity (Wildman–Crippen MR) is 68.1 cm³/mol. The molecule has 0 unspecified atom stereocenters. The summed E-state index contributed by atoms with van der Waals surface area (Å²) >= 11 is 0. The second kappa shape index (κ2) is 5.27. The third kappa shape index (κ3) is 2.58. The Labute approximate surface area is 109 Å². The lowest BCUT2D eigenvalue weighted by Gasteiger charge is -2.17. The maximum Gasteiger partial charge on any atom is 0.261 e. The summed E-state index contributed by atoms with van der Waals surface area (Å²) in [5, 5.41) is 8.70. The van der Waals surface area contributed by atoms with Crippen molar-refractivity contribution >= 4 is 11.6 Å². The van der Waals surface area contributed by atoms with E-state index in [0.29, 0.717) is 11.3 Å². The molecule has 0 saturated heterocycles. The molecule has 0 saturated carbocycles. The molecule has 0 aliphatic rings. The lowest BCUT2D eigenvalue weighted by Crippen LogP contribution is -2.27. The molecule has 0 atom stereocenters. The summed E-state index contributed by atoms with van der Waals surface area (Å²) < 4.78 is 13.5. The van der Waals surface area contributed by atoms with Crippen molar-refractivity contribution in [2.45, 2.75) is 0 Å². The Morgan fingerprint density at radius 2 is 2.00 bits per heavy atom. The summed E-state index contributed by atoms with van der Waals surface area (Å²) in [5.74, 6) is -1.13. The number of nitriles is 1. The molecule has 0 aliphatic heterocycles. The smallest absolute Gasteiger partial charge is 0.261 e. The molecule has 4 nitrogen and oxygen atoms in total. The number of pyridine rings is 1. The quantitative estimate of drug-likeness (QED) is 0.827. The molecule has 0 bridgehead atoms. The minimum atomic E-state index is -0.659. The average Bonchev–Trinajstić information content (AvgIpc) is 2.46. The summed E-state index contributed by atoms with van der Waals surface area (Å²) in [5.41, 5.74) is 1.04. The van der Waals surface area contributed by atoms with Crippen LogP contribution in [-0.4, -0.2) is 17.9 Å². The Bertz CT molecular complexity index is 646. The Hall–Kier alpha value is -2.74. The zero-order valence-corrected chi connectivity index (χ0v) is 10.2. The number of nitrogens with zero attached hydrogens (tertiary/aromatic N) is 3. The molecular weight excluding hydrogens is 245 g/mol. The van der Waals surface area contributed by atoms with Crippen molar-refractivity contribution in [3.05, 3.63) is 59.7 Å². The van der Waals surface area contributed by atoms with Crippen LogP contribution in [0, 0.1) is 17.1 Å². The number of hydrogen-bond donors (Lipinski definition) is 0. The molecule has 5 heteroatoms. The maximum atomic E-state index is 13.5. The van der Waals surface area contributed by atoms with Gasteiger partial charge in [-0.05, 0) is 30.3 Å². The van der Waals surface area contributed by atoms with E-state index in [4.69, 9.17) is 5.26 Å². The van der Waals surface area contributed by atoms with Crippen LogP contribution in [-0.2, 0) is 0 Å². The summed E-state index contributed by atoms with van der Waals surface area (Å²) in [6.45, 7) is 0. The highest BCUT2D eigenvalue weighted by Gasteiger charge is 2.17. The van der Waals surface area contributed by atoms with Crippen molar-refractivity contribution in [3.8, 4) is 6.07 Å². The fraction of sp³-hybridized carbons (Fsp3) is 0.0714. The molecule has 0 spiro atoms. The Morgan fingerprint density at radius 1 is 1.32 bits per heavy atom. The highest BCUT2D eigenvalue weighted by atomic mass is 19.1. The standard InChI is InChI=1S/C14H10FN3O/c1-18(11-4-2-10(8-16)3-5-11)14(19)12-6-7-17-9-13(12)15/h2-7,9H,1H3. The van der Waals surface area contributed by atoms with E-state index in [9.17, 15) is 9.18 Å². The van der Waals surface area contributed by atoms with Gasteiger partial charge in [0.15, 0.2) is 5.82 Å². The van der Waals surface area contributed by atoms with Crippen LogP contribution in [0.1, 0.15) is 15.9 Å². The molecule has 94 valence electrons. The zero-order valence-electron chi connectivity index (χ0n) is 10.2. The summed E-state index contributed by atoms with van der Waals surface area (Å²) in [6.07, 6.45) is 2.36. The SMILES string of the molecule is CN(C(=O)c1ccncc1F)c1ccc(C#N)cc1. The van der Waals surface area contributed by atoms with Crippen LogP contribution < -0.4 is 4.90 Å². The van der Waals surface area contributed by atoms with Gasteiger partial charge in [0, 0.05) is 18.9 Å². The van der Waals surface area contributed by atoms with Crippen LogP contribution in [0.25, 0.3) is 0 Å². The molecular formula is C14H10FN3O. The van der Waals surface area contributed by atoms with Crippen LogP contribution in [0.2, 0.25) is 0 Å². The Morgan fingerprint density at radius 3 is 2.58 bits per heavy atom. The first-order chi connectivity index (χ1) is 9.13. The number of carbonyl (C=O) groups is 1. The summed E-state index contributed by atoms with van der Waals surface area (Å²) in [6, 6.07) is 9.79. The molecule has 0 radical (unpaired) electrons. The topological polar surface area (TPSA) is 57.0 Å². The number of anilines is 1. The number of aromatic nitrogens is 1. The van der Waals surface area contributed by atoms with Gasteiger partial charge in [-0.3, -0.25) is 9.78 Å². The lowest BCUT2D eigenvalue weighted by atomic mass is 10.2. The Balaban J connectivity index is 2.29. The molecule has 2 rings (SSSR count). The highest BCUT2D eigenvalue weighted by molar-refractivity contribution is 6.05. The minimum absolute atomic E-state index is 0.0399. The van der Waals surface area contributed by atoms with E-state index in [2.05, 4.69) is 4.98 Å². The van der Waals surface area contributed by atoms with E-state index in [-0.39, 0.29) is 5.56 Å². The third-order valence-electron chi connectivity index (χ3n) is 2.69. The summed E-state index contributed by atoms with van der Waals surface area (Å²) in [7, 11) is 1.55. The van der Waals surface area contributed by atoms with Gasteiger partial charge in [-0.2, -0.15) is 5.26 Å². The van der Waals surface area contributed by atoms with Crippen LogP contribution >= 0.6 is 0 Å². The van der Waals surface area contributed by atoms with Gasteiger partial charge in [-0.15, -0.1) is 0 Å². The number of halogens is 1. The fourth-order valence-electron chi connectivity index (χ4n) is 1.61. The van der Waals surface area contributed by atoms with Crippen LogP contribution in [0.15, 0.2) is 42.7 Å².